The van der Waals surface area contributed by atoms with Crippen molar-refractivity contribution < 1.29 is 9.53 Å². The van der Waals surface area contributed by atoms with E-state index in [2.05, 4.69) is 16.5 Å². The van der Waals surface area contributed by atoms with Gasteiger partial charge in [0.1, 0.15) is 11.3 Å². The fourth-order valence-electron chi connectivity index (χ4n) is 2.81. The maximum atomic E-state index is 12.5. The van der Waals surface area contributed by atoms with E-state index in [1.165, 1.54) is 16.2 Å². The Bertz CT molecular complexity index is 972. The number of thiazole rings is 1. The number of para-hydroxylation sites is 1. The molecular weight excluding hydrogens is 364 g/mol. The number of nitrogens with zero attached hydrogens (tertiary/aromatic N) is 2. The highest BCUT2D eigenvalue weighted by molar-refractivity contribution is 7.98. The number of carbonyl (C=O) groups is 1. The van der Waals surface area contributed by atoms with Gasteiger partial charge in [-0.05, 0) is 49.9 Å². The second-order valence-electron chi connectivity index (χ2n) is 5.70. The van der Waals surface area contributed by atoms with E-state index >= 15 is 0 Å². The average molecular weight is 387 g/mol. The van der Waals surface area contributed by atoms with Crippen molar-refractivity contribution in [3.63, 3.8) is 0 Å². The number of hydrogen-bond donors (Lipinski definition) is 0. The minimum Gasteiger partial charge on any atom is -0.492 e. The van der Waals surface area contributed by atoms with E-state index in [4.69, 9.17) is 4.74 Å². The lowest BCUT2D eigenvalue weighted by atomic mass is 10.1. The van der Waals surface area contributed by atoms with E-state index in [0.717, 1.165) is 32.9 Å². The van der Waals surface area contributed by atoms with E-state index in [9.17, 15) is 4.79 Å². The van der Waals surface area contributed by atoms with E-state index in [1.54, 1.807) is 11.8 Å². The molecule has 0 saturated heterocycles. The summed E-state index contributed by atoms with van der Waals surface area (Å²) in [5, 5.41) is 0. The van der Waals surface area contributed by atoms with Crippen LogP contribution in [-0.4, -0.2) is 23.3 Å². The summed E-state index contributed by atoms with van der Waals surface area (Å²) in [7, 11) is 0. The van der Waals surface area contributed by atoms with Crippen molar-refractivity contribution in [1.29, 1.82) is 0 Å². The molecule has 136 valence electrons. The van der Waals surface area contributed by atoms with E-state index in [0.29, 0.717) is 13.0 Å². The second kappa shape index (κ2) is 8.56. The molecule has 0 atom stereocenters. The first-order chi connectivity index (χ1) is 12.7. The zero-order valence-corrected chi connectivity index (χ0v) is 16.8. The summed E-state index contributed by atoms with van der Waals surface area (Å²) >= 11 is 3.22. The Balaban J connectivity index is 1.95. The van der Waals surface area contributed by atoms with Gasteiger partial charge in [0.2, 0.25) is 0 Å². The summed E-state index contributed by atoms with van der Waals surface area (Å²) in [4.78, 5) is 18.8. The minimum atomic E-state index is -0.131. The molecular formula is C20H22N2O2S2. The number of hydrogen-bond acceptors (Lipinski definition) is 4. The first-order valence-electron chi connectivity index (χ1n) is 8.61. The highest BCUT2D eigenvalue weighted by atomic mass is 32.2. The topological polar surface area (TPSA) is 43.6 Å². The molecule has 0 aliphatic rings. The molecule has 0 aliphatic carbocycles. The van der Waals surface area contributed by atoms with Crippen molar-refractivity contribution in [2.45, 2.75) is 31.7 Å². The molecule has 2 aromatic carbocycles. The van der Waals surface area contributed by atoms with Gasteiger partial charge in [0, 0.05) is 11.4 Å². The first-order valence-corrected chi connectivity index (χ1v) is 10.7. The molecule has 3 aromatic rings. The molecule has 0 spiro atoms. The number of thioether (sulfide) groups is 1. The van der Waals surface area contributed by atoms with Crippen LogP contribution in [0.15, 0.2) is 52.4 Å². The van der Waals surface area contributed by atoms with Crippen LogP contribution in [0.5, 0.6) is 5.75 Å². The number of ether oxygens (including phenoxy) is 1. The zero-order chi connectivity index (χ0) is 18.5. The van der Waals surface area contributed by atoms with Crippen LogP contribution in [0.4, 0.5) is 0 Å². The molecule has 0 aliphatic heterocycles. The summed E-state index contributed by atoms with van der Waals surface area (Å²) in [6.07, 6.45) is 2.35. The van der Waals surface area contributed by atoms with Gasteiger partial charge < -0.3 is 9.30 Å². The van der Waals surface area contributed by atoms with Crippen molar-refractivity contribution in [1.82, 2.24) is 4.57 Å². The highest BCUT2D eigenvalue weighted by Crippen LogP contribution is 2.27. The Morgan fingerprint density at radius 2 is 1.96 bits per heavy atom. The standard InChI is InChI=1S/C20H22N2O2S2/c1-4-22-19-16(24-5-2)7-6-8-17(19)26-20(22)21-18(23)13-14-9-11-15(25-3)12-10-14/h6-12H,4-5,13H2,1-3H3. The van der Waals surface area contributed by atoms with Gasteiger partial charge in [0.15, 0.2) is 4.80 Å². The lowest BCUT2D eigenvalue weighted by Crippen LogP contribution is -2.17. The number of carbonyl (C=O) groups excluding carboxylic acids is 1. The van der Waals surface area contributed by atoms with Crippen molar-refractivity contribution in [2.24, 2.45) is 4.99 Å². The maximum Gasteiger partial charge on any atom is 0.252 e. The summed E-state index contributed by atoms with van der Waals surface area (Å²) in [6, 6.07) is 14.0. The quantitative estimate of drug-likeness (QED) is 0.585. The molecule has 0 N–H and O–H groups in total. The van der Waals surface area contributed by atoms with Crippen LogP contribution < -0.4 is 9.54 Å². The van der Waals surface area contributed by atoms with E-state index < -0.39 is 0 Å². The predicted molar refractivity (Wildman–Crippen MR) is 109 cm³/mol. The zero-order valence-electron chi connectivity index (χ0n) is 15.2. The maximum absolute atomic E-state index is 12.5. The van der Waals surface area contributed by atoms with Crippen LogP contribution in [0.3, 0.4) is 0 Å². The van der Waals surface area contributed by atoms with Gasteiger partial charge in [-0.1, -0.05) is 29.5 Å². The van der Waals surface area contributed by atoms with Crippen LogP contribution in [0.2, 0.25) is 0 Å². The highest BCUT2D eigenvalue weighted by Gasteiger charge is 2.11. The van der Waals surface area contributed by atoms with Crippen LogP contribution in [0.25, 0.3) is 10.2 Å². The number of rotatable bonds is 6. The lowest BCUT2D eigenvalue weighted by Gasteiger charge is -2.07. The molecule has 1 amide bonds. The van der Waals surface area contributed by atoms with Gasteiger partial charge in [-0.3, -0.25) is 4.79 Å². The number of aryl methyl sites for hydroxylation is 1. The van der Waals surface area contributed by atoms with E-state index in [-0.39, 0.29) is 5.91 Å². The number of fused-ring (bicyclic) bond motifs is 1. The molecule has 0 bridgehead atoms. The fourth-order valence-corrected chi connectivity index (χ4v) is 4.35. The Hall–Kier alpha value is -2.05. The Kier molecular flexibility index (Phi) is 6.16. The van der Waals surface area contributed by atoms with Crippen LogP contribution in [-0.2, 0) is 17.8 Å². The van der Waals surface area contributed by atoms with Gasteiger partial charge in [-0.15, -0.1) is 11.8 Å². The third kappa shape index (κ3) is 4.02. The molecule has 26 heavy (non-hydrogen) atoms. The van der Waals surface area contributed by atoms with Crippen molar-refractivity contribution in [3.8, 4) is 5.75 Å². The molecule has 1 aromatic heterocycles. The SMILES string of the molecule is CCOc1cccc2sc(=NC(=O)Cc3ccc(SC)cc3)n(CC)c12. The van der Waals surface area contributed by atoms with Crippen molar-refractivity contribution in [2.75, 3.05) is 12.9 Å². The van der Waals surface area contributed by atoms with Crippen LogP contribution >= 0.6 is 23.1 Å². The fraction of sp³-hybridized carbons (Fsp3) is 0.300. The molecule has 0 fully saturated rings. The molecule has 0 unspecified atom stereocenters. The summed E-state index contributed by atoms with van der Waals surface area (Å²) in [5.74, 6) is 0.707. The normalized spacial score (nSPS) is 11.9. The first kappa shape index (κ1) is 18.7. The van der Waals surface area contributed by atoms with E-state index in [1.807, 2.05) is 55.6 Å². The third-order valence-corrected chi connectivity index (χ3v) is 5.80. The minimum absolute atomic E-state index is 0.131. The average Bonchev–Trinajstić information content (AvgIpc) is 3.00. The molecule has 0 radical (unpaired) electrons. The summed E-state index contributed by atoms with van der Waals surface area (Å²) in [5.41, 5.74) is 1.99. The van der Waals surface area contributed by atoms with Crippen LogP contribution in [0.1, 0.15) is 19.4 Å². The summed E-state index contributed by atoms with van der Waals surface area (Å²) < 4.78 is 8.89. The van der Waals surface area contributed by atoms with Gasteiger partial charge in [-0.25, -0.2) is 0 Å². The molecule has 0 saturated carbocycles. The Labute approximate surface area is 161 Å². The van der Waals surface area contributed by atoms with Crippen molar-refractivity contribution >= 4 is 39.2 Å². The lowest BCUT2D eigenvalue weighted by molar-refractivity contribution is -0.117. The molecule has 6 heteroatoms. The molecule has 1 heterocycles. The molecule has 3 rings (SSSR count). The smallest absolute Gasteiger partial charge is 0.252 e. The monoisotopic (exact) mass is 386 g/mol. The number of amides is 1. The largest absolute Gasteiger partial charge is 0.492 e. The molecule has 4 nitrogen and oxygen atoms in total. The number of aromatic nitrogens is 1. The third-order valence-electron chi connectivity index (χ3n) is 4.01. The number of benzene rings is 2. The van der Waals surface area contributed by atoms with Gasteiger partial charge in [0.05, 0.1) is 17.7 Å². The van der Waals surface area contributed by atoms with Gasteiger partial charge in [0.25, 0.3) is 5.91 Å². The van der Waals surface area contributed by atoms with Gasteiger partial charge >= 0.3 is 0 Å². The van der Waals surface area contributed by atoms with Crippen molar-refractivity contribution in [3.05, 3.63) is 52.8 Å². The summed E-state index contributed by atoms with van der Waals surface area (Å²) in [6.45, 7) is 5.37. The Morgan fingerprint density at radius 1 is 1.19 bits per heavy atom. The van der Waals surface area contributed by atoms with Crippen LogP contribution in [0, 0.1) is 0 Å². The Morgan fingerprint density at radius 3 is 2.62 bits per heavy atom. The predicted octanol–water partition coefficient (Wildman–Crippen LogP) is 4.51. The second-order valence-corrected chi connectivity index (χ2v) is 7.58. The van der Waals surface area contributed by atoms with Gasteiger partial charge in [-0.2, -0.15) is 4.99 Å².